The summed E-state index contributed by atoms with van der Waals surface area (Å²) in [4.78, 5) is 1.95. The second kappa shape index (κ2) is 3.91. The molecule has 1 aromatic carbocycles. The quantitative estimate of drug-likeness (QED) is 0.271. The largest absolute Gasteiger partial charge is 0.409 e. The predicted octanol–water partition coefficient (Wildman–Crippen LogP) is 2.83. The van der Waals surface area contributed by atoms with Crippen molar-refractivity contribution in [3.05, 3.63) is 33.8 Å². The molecule has 0 radical (unpaired) electrons. The van der Waals surface area contributed by atoms with E-state index in [4.69, 9.17) is 28.4 Å². The first-order valence-corrected chi connectivity index (χ1v) is 5.33. The van der Waals surface area contributed by atoms with Gasteiger partial charge in [-0.15, -0.1) is 0 Å². The number of nitrogens with zero attached hydrogens (tertiary/aromatic N) is 2. The van der Waals surface area contributed by atoms with Crippen LogP contribution in [0.15, 0.2) is 23.4 Å². The van der Waals surface area contributed by atoms with E-state index in [1.54, 1.807) is 18.2 Å². The topological polar surface area (TPSA) is 35.6 Å². The first-order chi connectivity index (χ1) is 7.13. The number of amidine groups is 1. The summed E-state index contributed by atoms with van der Waals surface area (Å²) in [6.07, 6.45) is 0. The number of hydrogen-bond acceptors (Lipinski definition) is 2. The summed E-state index contributed by atoms with van der Waals surface area (Å²) in [7, 11) is 0. The average Bonchev–Trinajstić information content (AvgIpc) is 2.88. The lowest BCUT2D eigenvalue weighted by atomic mass is 10.2. The molecule has 1 N–H and O–H groups in total. The van der Waals surface area contributed by atoms with Crippen LogP contribution < -0.4 is 0 Å². The Hall–Kier alpha value is -0.930. The van der Waals surface area contributed by atoms with Gasteiger partial charge in [0.15, 0.2) is 5.84 Å². The van der Waals surface area contributed by atoms with Gasteiger partial charge in [0, 0.05) is 23.2 Å². The fourth-order valence-corrected chi connectivity index (χ4v) is 1.96. The van der Waals surface area contributed by atoms with E-state index in [0.29, 0.717) is 27.5 Å². The summed E-state index contributed by atoms with van der Waals surface area (Å²) >= 11 is 11.8. The molecule has 1 heterocycles. The highest BCUT2D eigenvalue weighted by Crippen LogP contribution is 2.27. The van der Waals surface area contributed by atoms with Gasteiger partial charge in [0.2, 0.25) is 0 Å². The molecule has 5 heteroatoms. The first-order valence-electron chi connectivity index (χ1n) is 4.57. The van der Waals surface area contributed by atoms with Crippen LogP contribution in [-0.4, -0.2) is 28.5 Å². The molecular weight excluding hydrogens is 235 g/mol. The molecule has 1 fully saturated rings. The highest BCUT2D eigenvalue weighted by molar-refractivity contribution is 6.37. The van der Waals surface area contributed by atoms with E-state index in [-0.39, 0.29) is 0 Å². The third kappa shape index (κ3) is 2.03. The molecule has 1 unspecified atom stereocenters. The van der Waals surface area contributed by atoms with E-state index in [9.17, 15) is 0 Å². The Morgan fingerprint density at radius 3 is 2.67 bits per heavy atom. The van der Waals surface area contributed by atoms with Crippen molar-refractivity contribution >= 4 is 29.0 Å². The van der Waals surface area contributed by atoms with E-state index < -0.39 is 0 Å². The third-order valence-corrected chi connectivity index (χ3v) is 2.95. The number of oxime groups is 1. The molecule has 0 amide bonds. The van der Waals surface area contributed by atoms with Crippen LogP contribution in [-0.2, 0) is 0 Å². The number of benzene rings is 1. The SMILES string of the molecule is CC1CN1C(=NO)c1ccc(Cl)cc1Cl. The second-order valence-corrected chi connectivity index (χ2v) is 4.39. The van der Waals surface area contributed by atoms with Crippen LogP contribution in [0, 0.1) is 0 Å². The third-order valence-electron chi connectivity index (χ3n) is 2.40. The minimum atomic E-state index is 0.405. The normalized spacial score (nSPS) is 20.6. The van der Waals surface area contributed by atoms with Crippen molar-refractivity contribution in [1.82, 2.24) is 4.90 Å². The zero-order chi connectivity index (χ0) is 11.0. The maximum atomic E-state index is 8.96. The van der Waals surface area contributed by atoms with Gasteiger partial charge in [0.05, 0.1) is 5.02 Å². The lowest BCUT2D eigenvalue weighted by Gasteiger charge is -2.08. The van der Waals surface area contributed by atoms with Crippen molar-refractivity contribution in [3.8, 4) is 0 Å². The van der Waals surface area contributed by atoms with Gasteiger partial charge in [-0.05, 0) is 25.1 Å². The lowest BCUT2D eigenvalue weighted by molar-refractivity contribution is 0.313. The van der Waals surface area contributed by atoms with E-state index in [0.717, 1.165) is 6.54 Å². The molecular formula is C10H10Cl2N2O. The smallest absolute Gasteiger partial charge is 0.177 e. The van der Waals surface area contributed by atoms with Crippen LogP contribution in [0.2, 0.25) is 10.0 Å². The summed E-state index contributed by atoms with van der Waals surface area (Å²) in [5, 5.41) is 13.3. The van der Waals surface area contributed by atoms with Gasteiger partial charge < -0.3 is 10.1 Å². The van der Waals surface area contributed by atoms with Crippen molar-refractivity contribution in [2.45, 2.75) is 13.0 Å². The molecule has 15 heavy (non-hydrogen) atoms. The maximum absolute atomic E-state index is 8.96. The van der Waals surface area contributed by atoms with Gasteiger partial charge in [-0.25, -0.2) is 0 Å². The minimum Gasteiger partial charge on any atom is -0.409 e. The monoisotopic (exact) mass is 244 g/mol. The summed E-state index contributed by atoms with van der Waals surface area (Å²) in [6, 6.07) is 5.52. The van der Waals surface area contributed by atoms with Crippen molar-refractivity contribution in [2.75, 3.05) is 6.54 Å². The highest BCUT2D eigenvalue weighted by atomic mass is 35.5. The lowest BCUT2D eigenvalue weighted by Crippen LogP contribution is -2.14. The van der Waals surface area contributed by atoms with Crippen molar-refractivity contribution in [3.63, 3.8) is 0 Å². The number of hydrogen-bond donors (Lipinski definition) is 1. The van der Waals surface area contributed by atoms with Gasteiger partial charge in [-0.1, -0.05) is 28.4 Å². The summed E-state index contributed by atoms with van der Waals surface area (Å²) in [5.41, 5.74) is 0.702. The van der Waals surface area contributed by atoms with Gasteiger partial charge >= 0.3 is 0 Å². The Balaban J connectivity index is 2.35. The Labute approximate surface area is 97.9 Å². The molecule has 1 aliphatic heterocycles. The summed E-state index contributed by atoms with van der Waals surface area (Å²) in [6.45, 7) is 2.94. The minimum absolute atomic E-state index is 0.405. The van der Waals surface area contributed by atoms with Gasteiger partial charge in [0.25, 0.3) is 0 Å². The van der Waals surface area contributed by atoms with Crippen LogP contribution in [0.25, 0.3) is 0 Å². The van der Waals surface area contributed by atoms with Crippen molar-refractivity contribution in [2.24, 2.45) is 5.16 Å². The van der Waals surface area contributed by atoms with Gasteiger partial charge in [-0.2, -0.15) is 0 Å². The van der Waals surface area contributed by atoms with Gasteiger partial charge in [-0.3, -0.25) is 0 Å². The maximum Gasteiger partial charge on any atom is 0.177 e. The molecule has 0 aliphatic carbocycles. The zero-order valence-electron chi connectivity index (χ0n) is 8.11. The molecule has 0 saturated carbocycles. The Morgan fingerprint density at radius 2 is 2.20 bits per heavy atom. The Bertz CT molecular complexity index is 420. The molecule has 0 aromatic heterocycles. The van der Waals surface area contributed by atoms with E-state index >= 15 is 0 Å². The molecule has 0 bridgehead atoms. The number of halogens is 2. The molecule has 80 valence electrons. The van der Waals surface area contributed by atoms with Crippen molar-refractivity contribution < 1.29 is 5.21 Å². The fourth-order valence-electron chi connectivity index (χ4n) is 1.47. The standard InChI is InChI=1S/C10H10Cl2N2O/c1-6-5-14(6)10(13-15)8-3-2-7(11)4-9(8)12/h2-4,6,15H,5H2,1H3. The number of rotatable bonds is 1. The van der Waals surface area contributed by atoms with E-state index in [1.165, 1.54) is 0 Å². The molecule has 0 spiro atoms. The second-order valence-electron chi connectivity index (χ2n) is 3.55. The zero-order valence-corrected chi connectivity index (χ0v) is 9.63. The van der Waals surface area contributed by atoms with E-state index in [2.05, 4.69) is 12.1 Å². The summed E-state index contributed by atoms with van der Waals surface area (Å²) in [5.74, 6) is 0.504. The molecule has 1 aliphatic rings. The van der Waals surface area contributed by atoms with Crippen LogP contribution in [0.3, 0.4) is 0 Å². The van der Waals surface area contributed by atoms with E-state index in [1.807, 2.05) is 4.90 Å². The Morgan fingerprint density at radius 1 is 1.53 bits per heavy atom. The molecule has 3 nitrogen and oxygen atoms in total. The predicted molar refractivity (Wildman–Crippen MR) is 61.0 cm³/mol. The molecule has 1 aromatic rings. The average molecular weight is 245 g/mol. The fraction of sp³-hybridized carbons (Fsp3) is 0.300. The first kappa shape index (κ1) is 10.6. The van der Waals surface area contributed by atoms with Crippen LogP contribution in [0.5, 0.6) is 0 Å². The highest BCUT2D eigenvalue weighted by Gasteiger charge is 2.34. The molecule has 2 rings (SSSR count). The van der Waals surface area contributed by atoms with Gasteiger partial charge in [0.1, 0.15) is 0 Å². The van der Waals surface area contributed by atoms with Crippen molar-refractivity contribution in [1.29, 1.82) is 0 Å². The summed E-state index contributed by atoms with van der Waals surface area (Å²) < 4.78 is 0. The molecule has 1 atom stereocenters. The van der Waals surface area contributed by atoms with Crippen LogP contribution >= 0.6 is 23.2 Å². The van der Waals surface area contributed by atoms with Crippen LogP contribution in [0.1, 0.15) is 12.5 Å². The molecule has 1 saturated heterocycles. The van der Waals surface area contributed by atoms with Crippen LogP contribution in [0.4, 0.5) is 0 Å². The Kier molecular flexibility index (Phi) is 2.76.